The SMILES string of the molecule is COc1cccc(-c2cccc(C(=O)N3CC4CCC(C3)N(C)C4)c2)c1. The van der Waals surface area contributed by atoms with Gasteiger partial charge in [0.1, 0.15) is 5.75 Å². The molecule has 3 saturated heterocycles. The van der Waals surface area contributed by atoms with Crippen LogP contribution in [-0.2, 0) is 0 Å². The summed E-state index contributed by atoms with van der Waals surface area (Å²) < 4.78 is 5.32. The molecule has 0 N–H and O–H groups in total. The highest BCUT2D eigenvalue weighted by Crippen LogP contribution is 2.29. The molecule has 0 aliphatic carbocycles. The summed E-state index contributed by atoms with van der Waals surface area (Å²) in [5.41, 5.74) is 2.88. The van der Waals surface area contributed by atoms with Crippen LogP contribution in [0.5, 0.6) is 5.75 Å². The van der Waals surface area contributed by atoms with Crippen molar-refractivity contribution >= 4 is 5.91 Å². The first-order chi connectivity index (χ1) is 12.6. The molecule has 2 aromatic rings. The number of ether oxygens (including phenoxy) is 1. The topological polar surface area (TPSA) is 32.8 Å². The molecule has 2 aromatic carbocycles. The van der Waals surface area contributed by atoms with Crippen molar-refractivity contribution in [1.82, 2.24) is 9.80 Å². The third-order valence-electron chi connectivity index (χ3n) is 5.79. The van der Waals surface area contributed by atoms with Gasteiger partial charge in [0.15, 0.2) is 0 Å². The molecule has 5 rings (SSSR count). The van der Waals surface area contributed by atoms with E-state index in [1.807, 2.05) is 48.5 Å². The van der Waals surface area contributed by atoms with Gasteiger partial charge in [0.05, 0.1) is 7.11 Å². The summed E-state index contributed by atoms with van der Waals surface area (Å²) in [6.07, 6.45) is 2.44. The van der Waals surface area contributed by atoms with Gasteiger partial charge in [0, 0.05) is 31.2 Å². The lowest BCUT2D eigenvalue weighted by molar-refractivity contribution is 0.0742. The third kappa shape index (κ3) is 3.34. The van der Waals surface area contributed by atoms with Crippen LogP contribution in [0.25, 0.3) is 11.1 Å². The average molecular weight is 350 g/mol. The molecule has 136 valence electrons. The molecule has 0 spiro atoms. The Kier molecular flexibility index (Phi) is 4.68. The Morgan fingerprint density at radius 3 is 2.54 bits per heavy atom. The zero-order valence-electron chi connectivity index (χ0n) is 15.5. The Bertz CT molecular complexity index is 804. The number of likely N-dealkylation sites (N-methyl/N-ethyl adjacent to an activating group) is 1. The fourth-order valence-corrected chi connectivity index (χ4v) is 4.30. The number of hydrogen-bond donors (Lipinski definition) is 0. The number of carbonyl (C=O) groups is 1. The van der Waals surface area contributed by atoms with Crippen molar-refractivity contribution in [2.24, 2.45) is 5.92 Å². The van der Waals surface area contributed by atoms with Gasteiger partial charge in [0.2, 0.25) is 0 Å². The van der Waals surface area contributed by atoms with Gasteiger partial charge in [-0.05, 0) is 61.2 Å². The van der Waals surface area contributed by atoms with E-state index in [-0.39, 0.29) is 5.91 Å². The Morgan fingerprint density at radius 2 is 1.77 bits per heavy atom. The molecule has 3 heterocycles. The maximum Gasteiger partial charge on any atom is 0.253 e. The van der Waals surface area contributed by atoms with Gasteiger partial charge in [-0.15, -0.1) is 0 Å². The van der Waals surface area contributed by atoms with Gasteiger partial charge in [-0.25, -0.2) is 0 Å². The van der Waals surface area contributed by atoms with Crippen molar-refractivity contribution in [2.75, 3.05) is 33.8 Å². The highest BCUT2D eigenvalue weighted by atomic mass is 16.5. The fourth-order valence-electron chi connectivity index (χ4n) is 4.30. The quantitative estimate of drug-likeness (QED) is 0.849. The first kappa shape index (κ1) is 17.1. The highest BCUT2D eigenvalue weighted by molar-refractivity contribution is 5.95. The number of nitrogens with zero attached hydrogens (tertiary/aromatic N) is 2. The monoisotopic (exact) mass is 350 g/mol. The molecule has 3 fully saturated rings. The van der Waals surface area contributed by atoms with E-state index in [0.29, 0.717) is 12.0 Å². The van der Waals surface area contributed by atoms with E-state index >= 15 is 0 Å². The molecular weight excluding hydrogens is 324 g/mol. The lowest BCUT2D eigenvalue weighted by atomic mass is 9.96. The van der Waals surface area contributed by atoms with Gasteiger partial charge in [-0.2, -0.15) is 0 Å². The minimum absolute atomic E-state index is 0.155. The number of fused-ring (bicyclic) bond motifs is 4. The summed E-state index contributed by atoms with van der Waals surface area (Å²) in [5, 5.41) is 0. The van der Waals surface area contributed by atoms with Gasteiger partial charge in [0.25, 0.3) is 5.91 Å². The predicted octanol–water partition coefficient (Wildman–Crippen LogP) is 3.53. The number of methoxy groups -OCH3 is 1. The minimum atomic E-state index is 0.155. The van der Waals surface area contributed by atoms with Crippen LogP contribution in [0.15, 0.2) is 48.5 Å². The van der Waals surface area contributed by atoms with Crippen LogP contribution in [0, 0.1) is 5.92 Å². The van der Waals surface area contributed by atoms with Gasteiger partial charge in [-0.3, -0.25) is 4.79 Å². The van der Waals surface area contributed by atoms with Crippen LogP contribution in [0.1, 0.15) is 23.2 Å². The molecule has 3 aliphatic heterocycles. The van der Waals surface area contributed by atoms with Gasteiger partial charge >= 0.3 is 0 Å². The summed E-state index contributed by atoms with van der Waals surface area (Å²) in [6.45, 7) is 2.83. The summed E-state index contributed by atoms with van der Waals surface area (Å²) in [5.74, 6) is 1.58. The minimum Gasteiger partial charge on any atom is -0.497 e. The number of carbonyl (C=O) groups excluding carboxylic acids is 1. The van der Waals surface area contributed by atoms with Crippen molar-refractivity contribution in [3.05, 3.63) is 54.1 Å². The molecule has 1 amide bonds. The zero-order chi connectivity index (χ0) is 18.1. The van der Waals surface area contributed by atoms with Crippen molar-refractivity contribution in [2.45, 2.75) is 18.9 Å². The van der Waals surface area contributed by atoms with E-state index in [4.69, 9.17) is 4.74 Å². The Hall–Kier alpha value is -2.33. The first-order valence-electron chi connectivity index (χ1n) is 9.38. The largest absolute Gasteiger partial charge is 0.497 e. The number of benzene rings is 2. The molecule has 2 bridgehead atoms. The van der Waals surface area contributed by atoms with E-state index in [0.717, 1.165) is 42.1 Å². The maximum absolute atomic E-state index is 13.2. The summed E-state index contributed by atoms with van der Waals surface area (Å²) in [6, 6.07) is 16.4. The lowest BCUT2D eigenvalue weighted by Crippen LogP contribution is -2.41. The third-order valence-corrected chi connectivity index (χ3v) is 5.79. The molecule has 4 heteroatoms. The molecule has 0 saturated carbocycles. The van der Waals surface area contributed by atoms with E-state index in [1.54, 1.807) is 7.11 Å². The second-order valence-corrected chi connectivity index (χ2v) is 7.56. The standard InChI is InChI=1S/C22H26N2O2/c1-23-13-16-9-10-20(23)15-24(14-16)22(25)19-7-3-5-17(11-19)18-6-4-8-21(12-18)26-2/h3-8,11-12,16,20H,9-10,13-15H2,1-2H3. The first-order valence-corrected chi connectivity index (χ1v) is 9.38. The van der Waals surface area contributed by atoms with Crippen LogP contribution < -0.4 is 4.74 Å². The summed E-state index contributed by atoms with van der Waals surface area (Å²) in [7, 11) is 3.86. The van der Waals surface area contributed by atoms with Crippen molar-refractivity contribution in [1.29, 1.82) is 0 Å². The van der Waals surface area contributed by atoms with Crippen molar-refractivity contribution < 1.29 is 9.53 Å². The highest BCUT2D eigenvalue weighted by Gasteiger charge is 2.34. The smallest absolute Gasteiger partial charge is 0.253 e. The average Bonchev–Trinajstić information content (AvgIpc) is 2.99. The second kappa shape index (κ2) is 7.12. The number of piperidine rings is 1. The molecule has 2 atom stereocenters. The normalized spacial score (nSPS) is 22.9. The Balaban J connectivity index is 1.59. The molecule has 0 radical (unpaired) electrons. The summed E-state index contributed by atoms with van der Waals surface area (Å²) >= 11 is 0. The summed E-state index contributed by atoms with van der Waals surface area (Å²) in [4.78, 5) is 17.7. The van der Waals surface area contributed by atoms with Gasteiger partial charge < -0.3 is 14.5 Å². The molecule has 4 nitrogen and oxygen atoms in total. The van der Waals surface area contributed by atoms with Crippen LogP contribution in [-0.4, -0.2) is 55.5 Å². The fraction of sp³-hybridized carbons (Fsp3) is 0.409. The van der Waals surface area contributed by atoms with E-state index in [2.05, 4.69) is 16.8 Å². The van der Waals surface area contributed by atoms with Crippen molar-refractivity contribution in [3.8, 4) is 16.9 Å². The second-order valence-electron chi connectivity index (χ2n) is 7.56. The van der Waals surface area contributed by atoms with E-state index in [1.165, 1.54) is 12.8 Å². The van der Waals surface area contributed by atoms with Crippen LogP contribution >= 0.6 is 0 Å². The van der Waals surface area contributed by atoms with Gasteiger partial charge in [-0.1, -0.05) is 24.3 Å². The van der Waals surface area contributed by atoms with Crippen LogP contribution in [0.3, 0.4) is 0 Å². The lowest BCUT2D eigenvalue weighted by Gasteiger charge is -2.32. The molecular formula is C22H26N2O2. The van der Waals surface area contributed by atoms with Crippen LogP contribution in [0.4, 0.5) is 0 Å². The Labute approximate surface area is 155 Å². The molecule has 2 unspecified atom stereocenters. The molecule has 3 aliphatic rings. The van der Waals surface area contributed by atoms with Crippen LogP contribution in [0.2, 0.25) is 0 Å². The maximum atomic E-state index is 13.2. The van der Waals surface area contributed by atoms with Crippen molar-refractivity contribution in [3.63, 3.8) is 0 Å². The number of rotatable bonds is 3. The zero-order valence-corrected chi connectivity index (χ0v) is 15.5. The molecule has 26 heavy (non-hydrogen) atoms. The van der Waals surface area contributed by atoms with E-state index in [9.17, 15) is 4.79 Å². The molecule has 0 aromatic heterocycles. The number of hydrogen-bond acceptors (Lipinski definition) is 3. The number of amides is 1. The Morgan fingerprint density at radius 1 is 1.00 bits per heavy atom. The predicted molar refractivity (Wildman–Crippen MR) is 103 cm³/mol. The van der Waals surface area contributed by atoms with E-state index < -0.39 is 0 Å².